The zero-order chi connectivity index (χ0) is 14.3. The third kappa shape index (κ3) is 7.00. The van der Waals surface area contributed by atoms with Gasteiger partial charge >= 0.3 is 0 Å². The maximum Gasteiger partial charge on any atom is 0.0216 e. The molecule has 0 radical (unpaired) electrons. The van der Waals surface area contributed by atoms with Crippen molar-refractivity contribution in [2.45, 2.75) is 32.2 Å². The molecule has 1 aromatic carbocycles. The van der Waals surface area contributed by atoms with Crippen LogP contribution >= 0.6 is 11.8 Å². The predicted molar refractivity (Wildman–Crippen MR) is 87.0 cm³/mol. The van der Waals surface area contributed by atoms with Crippen LogP contribution in [-0.4, -0.2) is 37.8 Å². The minimum atomic E-state index is 0.703. The molecule has 0 heterocycles. The van der Waals surface area contributed by atoms with Crippen molar-refractivity contribution in [2.75, 3.05) is 32.9 Å². The first kappa shape index (κ1) is 16.5. The SMILES string of the molecule is Cc1ccc(SCCN(C)C)c(CNCC(C)C)c1. The van der Waals surface area contributed by atoms with Crippen LogP contribution < -0.4 is 5.32 Å². The summed E-state index contributed by atoms with van der Waals surface area (Å²) in [5, 5.41) is 3.54. The molecule has 0 aliphatic carbocycles. The molecule has 0 aromatic heterocycles. The molecule has 0 aliphatic heterocycles. The number of nitrogens with one attached hydrogen (secondary N) is 1. The van der Waals surface area contributed by atoms with E-state index in [1.165, 1.54) is 16.0 Å². The van der Waals surface area contributed by atoms with E-state index in [1.54, 1.807) is 0 Å². The van der Waals surface area contributed by atoms with E-state index in [0.29, 0.717) is 5.92 Å². The van der Waals surface area contributed by atoms with E-state index >= 15 is 0 Å². The van der Waals surface area contributed by atoms with Gasteiger partial charge in [0.1, 0.15) is 0 Å². The first-order valence-electron chi connectivity index (χ1n) is 7.07. The van der Waals surface area contributed by atoms with Crippen molar-refractivity contribution < 1.29 is 0 Å². The standard InChI is InChI=1S/C16H28N2S/c1-13(2)11-17-12-15-10-14(3)6-7-16(15)19-9-8-18(4)5/h6-7,10,13,17H,8-9,11-12H2,1-5H3. The van der Waals surface area contributed by atoms with E-state index in [-0.39, 0.29) is 0 Å². The van der Waals surface area contributed by atoms with Crippen LogP contribution in [0.25, 0.3) is 0 Å². The quantitative estimate of drug-likeness (QED) is 0.735. The van der Waals surface area contributed by atoms with E-state index < -0.39 is 0 Å². The lowest BCUT2D eigenvalue weighted by molar-refractivity contribution is 0.437. The lowest BCUT2D eigenvalue weighted by Gasteiger charge is -2.14. The van der Waals surface area contributed by atoms with Crippen LogP contribution in [0.4, 0.5) is 0 Å². The monoisotopic (exact) mass is 280 g/mol. The molecule has 0 aliphatic rings. The Morgan fingerprint density at radius 2 is 2.00 bits per heavy atom. The van der Waals surface area contributed by atoms with Gasteiger partial charge in [-0.05, 0) is 45.1 Å². The molecule has 0 fully saturated rings. The number of hydrogen-bond acceptors (Lipinski definition) is 3. The summed E-state index contributed by atoms with van der Waals surface area (Å²) >= 11 is 1.96. The molecule has 0 amide bonds. The van der Waals surface area contributed by atoms with Gasteiger partial charge in [-0.15, -0.1) is 11.8 Å². The van der Waals surface area contributed by atoms with Crippen LogP contribution in [-0.2, 0) is 6.54 Å². The zero-order valence-corrected chi connectivity index (χ0v) is 13.8. The van der Waals surface area contributed by atoms with Crippen LogP contribution in [0.2, 0.25) is 0 Å². The second-order valence-corrected chi connectivity index (χ2v) is 6.92. The first-order chi connectivity index (χ1) is 8.99. The highest BCUT2D eigenvalue weighted by Gasteiger charge is 2.04. The zero-order valence-electron chi connectivity index (χ0n) is 13.0. The van der Waals surface area contributed by atoms with Gasteiger partial charge in [0.2, 0.25) is 0 Å². The lowest BCUT2D eigenvalue weighted by atomic mass is 10.1. The predicted octanol–water partition coefficient (Wildman–Crippen LogP) is 3.39. The van der Waals surface area contributed by atoms with Gasteiger partial charge in [-0.2, -0.15) is 0 Å². The van der Waals surface area contributed by atoms with Gasteiger partial charge in [0.05, 0.1) is 0 Å². The fraction of sp³-hybridized carbons (Fsp3) is 0.625. The molecule has 0 bridgehead atoms. The van der Waals surface area contributed by atoms with E-state index in [4.69, 9.17) is 0 Å². The fourth-order valence-corrected chi connectivity index (χ4v) is 2.98. The van der Waals surface area contributed by atoms with Crippen molar-refractivity contribution in [2.24, 2.45) is 5.92 Å². The Balaban J connectivity index is 2.58. The largest absolute Gasteiger partial charge is 0.312 e. The minimum absolute atomic E-state index is 0.703. The van der Waals surface area contributed by atoms with Gasteiger partial charge in [0, 0.05) is 23.7 Å². The van der Waals surface area contributed by atoms with E-state index in [1.807, 2.05) is 11.8 Å². The Labute approximate surface area is 123 Å². The summed E-state index contributed by atoms with van der Waals surface area (Å²) in [7, 11) is 4.25. The van der Waals surface area contributed by atoms with E-state index in [9.17, 15) is 0 Å². The number of hydrogen-bond donors (Lipinski definition) is 1. The third-order valence-electron chi connectivity index (χ3n) is 2.88. The Morgan fingerprint density at radius 3 is 2.63 bits per heavy atom. The average Bonchev–Trinajstić information content (AvgIpc) is 2.31. The summed E-state index contributed by atoms with van der Waals surface area (Å²) in [5.74, 6) is 1.85. The second-order valence-electron chi connectivity index (χ2n) is 5.79. The Bertz CT molecular complexity index is 375. The summed E-state index contributed by atoms with van der Waals surface area (Å²) < 4.78 is 0. The minimum Gasteiger partial charge on any atom is -0.312 e. The molecule has 108 valence electrons. The van der Waals surface area contributed by atoms with Crippen LogP contribution in [0.5, 0.6) is 0 Å². The van der Waals surface area contributed by atoms with Crippen molar-refractivity contribution >= 4 is 11.8 Å². The molecule has 0 atom stereocenters. The number of rotatable bonds is 8. The van der Waals surface area contributed by atoms with Crippen molar-refractivity contribution in [3.8, 4) is 0 Å². The molecular formula is C16H28N2S. The van der Waals surface area contributed by atoms with Gasteiger partial charge in [-0.1, -0.05) is 31.5 Å². The molecule has 2 nitrogen and oxygen atoms in total. The van der Waals surface area contributed by atoms with Gasteiger partial charge in [-0.25, -0.2) is 0 Å². The van der Waals surface area contributed by atoms with Crippen molar-refractivity contribution in [1.82, 2.24) is 10.2 Å². The van der Waals surface area contributed by atoms with Crippen LogP contribution in [0, 0.1) is 12.8 Å². The van der Waals surface area contributed by atoms with Crippen molar-refractivity contribution in [3.63, 3.8) is 0 Å². The van der Waals surface area contributed by atoms with E-state index in [0.717, 1.165) is 25.4 Å². The maximum atomic E-state index is 3.54. The molecule has 1 N–H and O–H groups in total. The normalized spacial score (nSPS) is 11.5. The molecule has 1 aromatic rings. The Hall–Kier alpha value is -0.510. The molecule has 0 spiro atoms. The first-order valence-corrected chi connectivity index (χ1v) is 8.05. The number of aryl methyl sites for hydroxylation is 1. The Kier molecular flexibility index (Phi) is 7.51. The summed E-state index contributed by atoms with van der Waals surface area (Å²) in [6.07, 6.45) is 0. The summed E-state index contributed by atoms with van der Waals surface area (Å²) in [4.78, 5) is 3.65. The molecule has 19 heavy (non-hydrogen) atoms. The molecule has 3 heteroatoms. The highest BCUT2D eigenvalue weighted by molar-refractivity contribution is 7.99. The van der Waals surface area contributed by atoms with Gasteiger partial charge in [0.15, 0.2) is 0 Å². The lowest BCUT2D eigenvalue weighted by Crippen LogP contribution is -2.19. The third-order valence-corrected chi connectivity index (χ3v) is 3.98. The number of thioether (sulfide) groups is 1. The van der Waals surface area contributed by atoms with Gasteiger partial charge in [-0.3, -0.25) is 0 Å². The number of benzene rings is 1. The average molecular weight is 280 g/mol. The maximum absolute atomic E-state index is 3.54. The molecule has 0 unspecified atom stereocenters. The van der Waals surface area contributed by atoms with Crippen LogP contribution in [0.3, 0.4) is 0 Å². The second kappa shape index (κ2) is 8.62. The van der Waals surface area contributed by atoms with Gasteiger partial charge in [0.25, 0.3) is 0 Å². The highest BCUT2D eigenvalue weighted by Crippen LogP contribution is 2.23. The van der Waals surface area contributed by atoms with Crippen LogP contribution in [0.1, 0.15) is 25.0 Å². The molecule has 0 saturated heterocycles. The molecule has 1 rings (SSSR count). The number of nitrogens with zero attached hydrogens (tertiary/aromatic N) is 1. The van der Waals surface area contributed by atoms with E-state index in [2.05, 4.69) is 63.3 Å². The van der Waals surface area contributed by atoms with Gasteiger partial charge < -0.3 is 10.2 Å². The highest BCUT2D eigenvalue weighted by atomic mass is 32.2. The van der Waals surface area contributed by atoms with Crippen LogP contribution in [0.15, 0.2) is 23.1 Å². The molecular weight excluding hydrogens is 252 g/mol. The fourth-order valence-electron chi connectivity index (χ4n) is 1.82. The summed E-state index contributed by atoms with van der Waals surface area (Å²) in [6.45, 7) is 9.84. The summed E-state index contributed by atoms with van der Waals surface area (Å²) in [5.41, 5.74) is 2.78. The van der Waals surface area contributed by atoms with Crippen molar-refractivity contribution in [3.05, 3.63) is 29.3 Å². The topological polar surface area (TPSA) is 15.3 Å². The smallest absolute Gasteiger partial charge is 0.0216 e. The summed E-state index contributed by atoms with van der Waals surface area (Å²) in [6, 6.07) is 6.79. The molecule has 0 saturated carbocycles. The van der Waals surface area contributed by atoms with Crippen molar-refractivity contribution in [1.29, 1.82) is 0 Å². The Morgan fingerprint density at radius 1 is 1.26 bits per heavy atom.